The lowest BCUT2D eigenvalue weighted by Gasteiger charge is -2.43. The van der Waals surface area contributed by atoms with Crippen LogP contribution in [0.5, 0.6) is 17.2 Å². The van der Waals surface area contributed by atoms with E-state index in [0.717, 1.165) is 0 Å². The van der Waals surface area contributed by atoms with Crippen molar-refractivity contribution in [1.29, 1.82) is 0 Å². The van der Waals surface area contributed by atoms with Crippen LogP contribution in [0.1, 0.15) is 44.6 Å². The smallest absolute Gasteiger partial charge is 0.232 e. The maximum absolute atomic E-state index is 13.6. The van der Waals surface area contributed by atoms with E-state index in [9.17, 15) is 14.0 Å². The van der Waals surface area contributed by atoms with Gasteiger partial charge in [-0.05, 0) is 42.2 Å². The van der Waals surface area contributed by atoms with Crippen LogP contribution in [0.2, 0.25) is 0 Å². The van der Waals surface area contributed by atoms with Crippen LogP contribution in [-0.2, 0) is 9.59 Å². The number of rotatable bonds is 5. The van der Waals surface area contributed by atoms with E-state index in [1.54, 1.807) is 36.3 Å². The number of anilines is 1. The lowest BCUT2D eigenvalue weighted by atomic mass is 9.69. The number of hydrogen-bond acceptors (Lipinski definition) is 5. The SMILES string of the molecule is COc1cc(OC)c([C@H]2CC(=O)N(c3ccc(F)cc3)C3=C2C(=O)CC(C)(C)C3)cc1OC. The van der Waals surface area contributed by atoms with Crippen LogP contribution in [-0.4, -0.2) is 33.0 Å². The molecule has 1 heterocycles. The molecule has 2 aliphatic rings. The lowest BCUT2D eigenvalue weighted by molar-refractivity contribution is -0.121. The summed E-state index contributed by atoms with van der Waals surface area (Å²) in [6, 6.07) is 9.27. The zero-order valence-electron chi connectivity index (χ0n) is 19.5. The van der Waals surface area contributed by atoms with Gasteiger partial charge in [0.25, 0.3) is 0 Å². The Morgan fingerprint density at radius 1 is 0.909 bits per heavy atom. The minimum Gasteiger partial charge on any atom is -0.496 e. The lowest BCUT2D eigenvalue weighted by Crippen LogP contribution is -2.43. The molecular formula is C26H28FNO5. The summed E-state index contributed by atoms with van der Waals surface area (Å²) in [7, 11) is 4.62. The second kappa shape index (κ2) is 8.54. The van der Waals surface area contributed by atoms with Crippen molar-refractivity contribution in [3.05, 3.63) is 59.0 Å². The highest BCUT2D eigenvalue weighted by molar-refractivity contribution is 6.08. The van der Waals surface area contributed by atoms with Crippen LogP contribution in [0.4, 0.5) is 10.1 Å². The van der Waals surface area contributed by atoms with Gasteiger partial charge >= 0.3 is 0 Å². The standard InChI is InChI=1S/C26H28FNO5/c1-26(2)13-19-25(20(29)14-26)18(11-24(30)28(19)16-8-6-15(27)7-9-16)17-10-22(32-4)23(33-5)12-21(17)31-3/h6-10,12,18H,11,13-14H2,1-5H3/t18-/m1/s1. The van der Waals surface area contributed by atoms with Crippen molar-refractivity contribution >= 4 is 17.4 Å². The molecule has 0 fully saturated rings. The predicted molar refractivity (Wildman–Crippen MR) is 122 cm³/mol. The highest BCUT2D eigenvalue weighted by Gasteiger charge is 2.45. The number of methoxy groups -OCH3 is 3. The number of benzene rings is 2. The summed E-state index contributed by atoms with van der Waals surface area (Å²) in [4.78, 5) is 28.6. The maximum atomic E-state index is 13.6. The van der Waals surface area contributed by atoms with Gasteiger partial charge in [0.2, 0.25) is 5.91 Å². The molecule has 0 bridgehead atoms. The van der Waals surface area contributed by atoms with Crippen LogP contribution in [0, 0.1) is 11.2 Å². The molecule has 1 aliphatic carbocycles. The minimum atomic E-state index is -0.484. The van der Waals surface area contributed by atoms with Crippen molar-refractivity contribution in [2.24, 2.45) is 5.41 Å². The van der Waals surface area contributed by atoms with Crippen LogP contribution in [0.15, 0.2) is 47.7 Å². The van der Waals surface area contributed by atoms with Gasteiger partial charge < -0.3 is 14.2 Å². The van der Waals surface area contributed by atoms with Crippen LogP contribution < -0.4 is 19.1 Å². The first kappa shape index (κ1) is 22.8. The zero-order chi connectivity index (χ0) is 23.9. The molecule has 1 aliphatic heterocycles. The van der Waals surface area contributed by atoms with Gasteiger partial charge in [0.1, 0.15) is 11.6 Å². The van der Waals surface area contributed by atoms with Crippen molar-refractivity contribution in [3.63, 3.8) is 0 Å². The Hall–Kier alpha value is -3.35. The molecule has 4 rings (SSSR count). The maximum Gasteiger partial charge on any atom is 0.232 e. The first-order valence-corrected chi connectivity index (χ1v) is 10.8. The fraction of sp³-hybridized carbons (Fsp3) is 0.385. The van der Waals surface area contributed by atoms with Gasteiger partial charge in [0.15, 0.2) is 17.3 Å². The van der Waals surface area contributed by atoms with Crippen molar-refractivity contribution in [1.82, 2.24) is 0 Å². The molecule has 1 atom stereocenters. The Morgan fingerprint density at radius 3 is 2.12 bits per heavy atom. The van der Waals surface area contributed by atoms with Gasteiger partial charge in [-0.1, -0.05) is 13.8 Å². The van der Waals surface area contributed by atoms with Crippen molar-refractivity contribution < 1.29 is 28.2 Å². The third-order valence-electron chi connectivity index (χ3n) is 6.34. The molecule has 0 saturated heterocycles. The summed E-state index contributed by atoms with van der Waals surface area (Å²) in [5.41, 5.74) is 2.21. The summed E-state index contributed by atoms with van der Waals surface area (Å²) < 4.78 is 30.1. The van der Waals surface area contributed by atoms with Crippen molar-refractivity contribution in [3.8, 4) is 17.2 Å². The fourth-order valence-electron chi connectivity index (χ4n) is 4.90. The number of allylic oxidation sites excluding steroid dienone is 2. The number of Topliss-reactive ketones (excluding diaryl/α,β-unsaturated/α-hetero) is 1. The predicted octanol–water partition coefficient (Wildman–Crippen LogP) is 5.02. The van der Waals surface area contributed by atoms with Gasteiger partial charge in [-0.15, -0.1) is 0 Å². The monoisotopic (exact) mass is 453 g/mol. The number of ketones is 1. The highest BCUT2D eigenvalue weighted by atomic mass is 19.1. The second-order valence-electron chi connectivity index (χ2n) is 9.21. The topological polar surface area (TPSA) is 65.1 Å². The molecule has 2 aromatic carbocycles. The summed E-state index contributed by atoms with van der Waals surface area (Å²) in [6.45, 7) is 4.03. The first-order valence-electron chi connectivity index (χ1n) is 10.8. The van der Waals surface area contributed by atoms with Crippen molar-refractivity contribution in [2.75, 3.05) is 26.2 Å². The Labute approximate surface area is 192 Å². The van der Waals surface area contributed by atoms with Crippen LogP contribution in [0.3, 0.4) is 0 Å². The summed E-state index contributed by atoms with van der Waals surface area (Å²) >= 11 is 0. The van der Waals surface area contributed by atoms with E-state index < -0.39 is 5.92 Å². The number of amides is 1. The number of carbonyl (C=O) groups excluding carboxylic acids is 2. The van der Waals surface area contributed by atoms with Crippen LogP contribution in [0.25, 0.3) is 0 Å². The summed E-state index contributed by atoms with van der Waals surface area (Å²) in [5, 5.41) is 0. The van der Waals surface area contributed by atoms with Crippen molar-refractivity contribution in [2.45, 2.75) is 39.0 Å². The third kappa shape index (κ3) is 4.08. The van der Waals surface area contributed by atoms with E-state index in [2.05, 4.69) is 0 Å². The molecule has 0 saturated carbocycles. The van der Waals surface area contributed by atoms with E-state index >= 15 is 0 Å². The Balaban J connectivity index is 1.93. The number of hydrogen-bond donors (Lipinski definition) is 0. The largest absolute Gasteiger partial charge is 0.496 e. The summed E-state index contributed by atoms with van der Waals surface area (Å²) in [5.74, 6) is 0.486. The van der Waals surface area contributed by atoms with Crippen LogP contribution >= 0.6 is 0 Å². The molecule has 7 heteroatoms. The molecule has 0 radical (unpaired) electrons. The quantitative estimate of drug-likeness (QED) is 0.636. The molecule has 0 spiro atoms. The van der Waals surface area contributed by atoms with Gasteiger partial charge in [-0.3, -0.25) is 14.5 Å². The Bertz CT molecular complexity index is 1140. The molecule has 33 heavy (non-hydrogen) atoms. The molecule has 2 aromatic rings. The molecule has 0 aromatic heterocycles. The average Bonchev–Trinajstić information content (AvgIpc) is 2.77. The van der Waals surface area contributed by atoms with E-state index in [1.807, 2.05) is 13.8 Å². The second-order valence-corrected chi connectivity index (χ2v) is 9.21. The molecule has 1 amide bonds. The summed E-state index contributed by atoms with van der Waals surface area (Å²) in [6.07, 6.45) is 1.00. The molecule has 0 unspecified atom stereocenters. The van der Waals surface area contributed by atoms with Gasteiger partial charge in [-0.25, -0.2) is 4.39 Å². The number of ether oxygens (including phenoxy) is 3. The normalized spacial score (nSPS) is 19.9. The highest BCUT2D eigenvalue weighted by Crippen LogP contribution is 2.51. The third-order valence-corrected chi connectivity index (χ3v) is 6.34. The van der Waals surface area contributed by atoms with Gasteiger partial charge in [0.05, 0.1) is 21.3 Å². The van der Waals surface area contributed by atoms with E-state index in [0.29, 0.717) is 52.6 Å². The molecular weight excluding hydrogens is 425 g/mol. The number of nitrogens with zero attached hydrogens (tertiary/aromatic N) is 1. The van der Waals surface area contributed by atoms with E-state index in [4.69, 9.17) is 14.2 Å². The van der Waals surface area contributed by atoms with E-state index in [1.165, 1.54) is 26.4 Å². The first-order chi connectivity index (χ1) is 15.7. The molecule has 6 nitrogen and oxygen atoms in total. The number of halogens is 1. The number of carbonyl (C=O) groups is 2. The zero-order valence-corrected chi connectivity index (χ0v) is 19.5. The fourth-order valence-corrected chi connectivity index (χ4v) is 4.90. The molecule has 174 valence electrons. The Morgan fingerprint density at radius 2 is 1.52 bits per heavy atom. The van der Waals surface area contributed by atoms with Gasteiger partial charge in [0, 0.05) is 47.3 Å². The Kier molecular flexibility index (Phi) is 5.91. The van der Waals surface area contributed by atoms with E-state index in [-0.39, 0.29) is 29.3 Å². The van der Waals surface area contributed by atoms with Gasteiger partial charge in [-0.2, -0.15) is 0 Å². The average molecular weight is 454 g/mol. The molecule has 0 N–H and O–H groups in total. The minimum absolute atomic E-state index is 0.00250.